The van der Waals surface area contributed by atoms with Crippen molar-refractivity contribution in [2.45, 2.75) is 11.5 Å². The van der Waals surface area contributed by atoms with E-state index >= 15 is 0 Å². The number of aromatic nitrogens is 2. The van der Waals surface area contributed by atoms with Crippen LogP contribution in [0.5, 0.6) is 11.5 Å². The zero-order valence-electron chi connectivity index (χ0n) is 11.7. The molecule has 5 nitrogen and oxygen atoms in total. The molecule has 1 heterocycles. The fourth-order valence-corrected chi connectivity index (χ4v) is 2.30. The van der Waals surface area contributed by atoms with Crippen molar-refractivity contribution >= 4 is 28.3 Å². The van der Waals surface area contributed by atoms with Gasteiger partial charge in [0.2, 0.25) is 5.13 Å². The number of methoxy groups -OCH3 is 1. The van der Waals surface area contributed by atoms with Crippen LogP contribution in [0.4, 0.5) is 10.2 Å². The van der Waals surface area contributed by atoms with Crippen molar-refractivity contribution in [1.82, 2.24) is 9.97 Å². The number of halogens is 2. The molecule has 1 atom stereocenters. The Kier molecular flexibility index (Phi) is 3.62. The van der Waals surface area contributed by atoms with Crippen LogP contribution in [0.3, 0.4) is 0 Å². The Morgan fingerprint density at radius 2 is 2.23 bits per heavy atom. The fraction of sp³-hybridized carbons (Fsp3) is 0.200. The van der Waals surface area contributed by atoms with Crippen molar-refractivity contribution in [3.05, 3.63) is 42.4 Å². The second kappa shape index (κ2) is 5.46. The summed E-state index contributed by atoms with van der Waals surface area (Å²) < 4.78 is 18.6. The molecule has 0 aliphatic heterocycles. The molecule has 0 fully saturated rings. The Morgan fingerprint density at radius 3 is 2.91 bits per heavy atom. The van der Waals surface area contributed by atoms with Crippen molar-refractivity contribution in [2.24, 2.45) is 0 Å². The molecule has 0 spiro atoms. The average Bonchev–Trinajstić information content (AvgIpc) is 2.49. The predicted molar refractivity (Wildman–Crippen MR) is 82.9 cm³/mol. The van der Waals surface area contributed by atoms with E-state index in [4.69, 9.17) is 16.3 Å². The van der Waals surface area contributed by atoms with Crippen molar-refractivity contribution in [1.29, 1.82) is 0 Å². The highest BCUT2D eigenvalue weighted by molar-refractivity contribution is 6.24. The molecule has 1 aromatic carbocycles. The number of alkyl halides is 2. The Hall–Kier alpha value is -2.34. The van der Waals surface area contributed by atoms with Gasteiger partial charge in [0, 0.05) is 23.6 Å². The molecule has 1 aromatic heterocycles. The third-order valence-electron chi connectivity index (χ3n) is 3.30. The van der Waals surface area contributed by atoms with E-state index in [1.165, 1.54) is 25.6 Å². The normalized spacial score (nSPS) is 20.8. The van der Waals surface area contributed by atoms with Gasteiger partial charge in [0.15, 0.2) is 11.5 Å². The van der Waals surface area contributed by atoms with Crippen LogP contribution in [0.1, 0.15) is 6.42 Å². The molecule has 2 aromatic rings. The first-order chi connectivity index (χ1) is 10.5. The Bertz CT molecular complexity index is 790. The number of allylic oxidation sites excluding steroid dienone is 3. The van der Waals surface area contributed by atoms with Gasteiger partial charge in [-0.1, -0.05) is 17.7 Å². The van der Waals surface area contributed by atoms with Gasteiger partial charge in [-0.15, -0.1) is 0 Å². The summed E-state index contributed by atoms with van der Waals surface area (Å²) >= 11 is 5.59. The average molecular weight is 322 g/mol. The summed E-state index contributed by atoms with van der Waals surface area (Å²) in [6.07, 6.45) is 5.93. The lowest BCUT2D eigenvalue weighted by Gasteiger charge is -2.18. The fourth-order valence-electron chi connectivity index (χ4n) is 2.16. The molecule has 3 rings (SSSR count). The van der Waals surface area contributed by atoms with Gasteiger partial charge in [-0.25, -0.2) is 14.4 Å². The maximum Gasteiger partial charge on any atom is 0.205 e. The number of hydrogen-bond acceptors (Lipinski definition) is 5. The molecule has 7 heteroatoms. The highest BCUT2D eigenvalue weighted by atomic mass is 35.5. The van der Waals surface area contributed by atoms with Crippen LogP contribution in [0.15, 0.2) is 42.4 Å². The lowest BCUT2D eigenvalue weighted by molar-refractivity contribution is 0.347. The third kappa shape index (κ3) is 2.82. The lowest BCUT2D eigenvalue weighted by Crippen LogP contribution is -2.14. The van der Waals surface area contributed by atoms with E-state index in [0.29, 0.717) is 28.2 Å². The topological polar surface area (TPSA) is 67.3 Å². The van der Waals surface area contributed by atoms with Gasteiger partial charge < -0.3 is 15.2 Å². The predicted octanol–water partition coefficient (Wildman–Crippen LogP) is 3.50. The Morgan fingerprint density at radius 1 is 1.41 bits per heavy atom. The molecule has 22 heavy (non-hydrogen) atoms. The number of aromatic hydroxyl groups is 1. The summed E-state index contributed by atoms with van der Waals surface area (Å²) in [7, 11) is 1.47. The number of nitrogens with one attached hydrogen (secondary N) is 1. The molecule has 1 unspecified atom stereocenters. The van der Waals surface area contributed by atoms with E-state index < -0.39 is 5.13 Å². The number of nitrogens with zero attached hydrogens (tertiary/aromatic N) is 2. The zero-order valence-corrected chi connectivity index (χ0v) is 12.4. The SMILES string of the molecule is COc1cc2ncnc(NC3=CCC(F)(Cl)C=C3)c2cc1O. The largest absolute Gasteiger partial charge is 0.504 e. The van der Waals surface area contributed by atoms with Gasteiger partial charge in [0.05, 0.1) is 12.6 Å². The number of fused-ring (bicyclic) bond motifs is 1. The summed E-state index contributed by atoms with van der Waals surface area (Å²) in [6.45, 7) is 0. The highest BCUT2D eigenvalue weighted by Crippen LogP contribution is 2.34. The van der Waals surface area contributed by atoms with Gasteiger partial charge in [-0.3, -0.25) is 0 Å². The first kappa shape index (κ1) is 14.6. The molecule has 2 N–H and O–H groups in total. The molecule has 0 amide bonds. The van der Waals surface area contributed by atoms with Crippen LogP contribution in [0.2, 0.25) is 0 Å². The molecule has 0 bridgehead atoms. The zero-order chi connectivity index (χ0) is 15.7. The second-order valence-corrected chi connectivity index (χ2v) is 5.47. The number of ether oxygens (including phenoxy) is 1. The maximum absolute atomic E-state index is 13.5. The standard InChI is InChI=1S/C15H13ClFN3O2/c1-22-13-7-11-10(6-12(13)21)14(19-8-18-11)20-9-2-4-15(16,17)5-3-9/h2-4,6-8,21H,5H2,1H3,(H,18,19,20). The summed E-state index contributed by atoms with van der Waals surface area (Å²) in [5.41, 5.74) is 1.29. The van der Waals surface area contributed by atoms with Crippen LogP contribution in [-0.2, 0) is 0 Å². The molecular formula is C15H13ClFN3O2. The van der Waals surface area contributed by atoms with Gasteiger partial charge in [0.1, 0.15) is 12.1 Å². The molecule has 1 aliphatic rings. The number of phenols is 1. The molecule has 114 valence electrons. The maximum atomic E-state index is 13.5. The van der Waals surface area contributed by atoms with E-state index in [-0.39, 0.29) is 12.2 Å². The van der Waals surface area contributed by atoms with Gasteiger partial charge in [-0.05, 0) is 18.2 Å². The van der Waals surface area contributed by atoms with Crippen LogP contribution in [0.25, 0.3) is 10.9 Å². The highest BCUT2D eigenvalue weighted by Gasteiger charge is 2.24. The quantitative estimate of drug-likeness (QED) is 0.847. The lowest BCUT2D eigenvalue weighted by atomic mass is 10.1. The Labute approximate surface area is 131 Å². The van der Waals surface area contributed by atoms with Crippen LogP contribution in [0, 0.1) is 0 Å². The van der Waals surface area contributed by atoms with Crippen LogP contribution < -0.4 is 10.1 Å². The van der Waals surface area contributed by atoms with Crippen LogP contribution >= 0.6 is 11.6 Å². The molecule has 0 saturated carbocycles. The number of benzene rings is 1. The number of hydrogen-bond donors (Lipinski definition) is 2. The number of anilines is 1. The van der Waals surface area contributed by atoms with Gasteiger partial charge in [-0.2, -0.15) is 0 Å². The van der Waals surface area contributed by atoms with Crippen LogP contribution in [-0.4, -0.2) is 27.3 Å². The minimum absolute atomic E-state index is 0.00968. The van der Waals surface area contributed by atoms with E-state index in [9.17, 15) is 9.50 Å². The Balaban J connectivity index is 1.97. The second-order valence-electron chi connectivity index (χ2n) is 4.85. The molecular weight excluding hydrogens is 309 g/mol. The summed E-state index contributed by atoms with van der Waals surface area (Å²) in [5.74, 6) is 0.822. The van der Waals surface area contributed by atoms with Crippen molar-refractivity contribution < 1.29 is 14.2 Å². The molecule has 1 aliphatic carbocycles. The molecule has 0 radical (unpaired) electrons. The van der Waals surface area contributed by atoms with Crippen molar-refractivity contribution in [3.63, 3.8) is 0 Å². The van der Waals surface area contributed by atoms with E-state index in [0.717, 1.165) is 0 Å². The minimum atomic E-state index is -1.84. The van der Waals surface area contributed by atoms with Gasteiger partial charge in [0.25, 0.3) is 0 Å². The minimum Gasteiger partial charge on any atom is -0.504 e. The van der Waals surface area contributed by atoms with Gasteiger partial charge >= 0.3 is 0 Å². The summed E-state index contributed by atoms with van der Waals surface area (Å²) in [4.78, 5) is 8.31. The summed E-state index contributed by atoms with van der Waals surface area (Å²) in [6, 6.07) is 3.14. The smallest absolute Gasteiger partial charge is 0.205 e. The first-order valence-corrected chi connectivity index (χ1v) is 6.92. The number of rotatable bonds is 3. The van der Waals surface area contributed by atoms with E-state index in [1.807, 2.05) is 0 Å². The van der Waals surface area contributed by atoms with E-state index in [1.54, 1.807) is 18.2 Å². The summed E-state index contributed by atoms with van der Waals surface area (Å²) in [5, 5.41) is 11.8. The monoisotopic (exact) mass is 321 g/mol. The van der Waals surface area contributed by atoms with Crippen molar-refractivity contribution in [2.75, 3.05) is 12.4 Å². The third-order valence-corrected chi connectivity index (χ3v) is 3.58. The first-order valence-electron chi connectivity index (χ1n) is 6.54. The van der Waals surface area contributed by atoms with Crippen molar-refractivity contribution in [3.8, 4) is 11.5 Å². The van der Waals surface area contributed by atoms with E-state index in [2.05, 4.69) is 15.3 Å². The number of phenolic OH excluding ortho intramolecular Hbond substituents is 1. The molecule has 0 saturated heterocycles.